The number of fused-ring (bicyclic) bond motifs is 1. The average Bonchev–Trinajstić information content (AvgIpc) is 3.41. The van der Waals surface area contributed by atoms with E-state index in [2.05, 4.69) is 57.5 Å². The largest absolute Gasteiger partial charge is 0.361 e. The zero-order valence-electron chi connectivity index (χ0n) is 15.4. The fourth-order valence-electron chi connectivity index (χ4n) is 4.36. The van der Waals surface area contributed by atoms with Crippen molar-refractivity contribution in [3.05, 3.63) is 72.1 Å². The Kier molecular flexibility index (Phi) is 4.24. The molecule has 2 aromatic carbocycles. The maximum absolute atomic E-state index is 11.5. The first kappa shape index (κ1) is 17.2. The predicted molar refractivity (Wildman–Crippen MR) is 117 cm³/mol. The molecule has 4 aromatic rings. The molecule has 2 N–H and O–H groups in total. The Balaban J connectivity index is 0.000000158. The van der Waals surface area contributed by atoms with Gasteiger partial charge >= 0.3 is 0 Å². The molecule has 2 aromatic heterocycles. The Morgan fingerprint density at radius 2 is 1.96 bits per heavy atom. The molecule has 4 heterocycles. The minimum atomic E-state index is 0.0435. The molecule has 1 atom stereocenters. The topological polar surface area (TPSA) is 49.8 Å². The van der Waals surface area contributed by atoms with Gasteiger partial charge in [0, 0.05) is 42.2 Å². The molecule has 1 saturated heterocycles. The summed E-state index contributed by atoms with van der Waals surface area (Å²) < 4.78 is 2.33. The Labute approximate surface area is 168 Å². The third kappa shape index (κ3) is 2.92. The Bertz CT molecular complexity index is 1170. The van der Waals surface area contributed by atoms with Gasteiger partial charge in [-0.2, -0.15) is 0 Å². The van der Waals surface area contributed by atoms with Crippen LogP contribution in [0.15, 0.2) is 60.9 Å². The molecular weight excluding hydrogens is 366 g/mol. The van der Waals surface area contributed by atoms with E-state index in [-0.39, 0.29) is 11.8 Å². The fraction of sp³-hybridized carbons (Fsp3) is 0.217. The van der Waals surface area contributed by atoms with Crippen molar-refractivity contribution in [2.45, 2.75) is 31.7 Å². The number of carbonyl (C=O) groups is 1. The van der Waals surface area contributed by atoms with Gasteiger partial charge < -0.3 is 14.9 Å². The number of amides is 1. The van der Waals surface area contributed by atoms with Gasteiger partial charge in [0.1, 0.15) is 0 Å². The van der Waals surface area contributed by atoms with Crippen molar-refractivity contribution in [1.29, 1.82) is 0 Å². The molecule has 1 unspecified atom stereocenters. The molecule has 0 spiro atoms. The molecule has 0 aliphatic carbocycles. The summed E-state index contributed by atoms with van der Waals surface area (Å²) in [4.78, 5) is 15.3. The number of nitrogens with zero attached hydrogens (tertiary/aromatic N) is 1. The smallest absolute Gasteiger partial charge is 0.225 e. The normalized spacial score (nSPS) is 18.2. The van der Waals surface area contributed by atoms with Gasteiger partial charge in [-0.15, -0.1) is 0 Å². The van der Waals surface area contributed by atoms with Crippen LogP contribution >= 0.6 is 12.2 Å². The summed E-state index contributed by atoms with van der Waals surface area (Å²) in [6.45, 7) is 1.06. The molecule has 2 aliphatic heterocycles. The second-order valence-electron chi connectivity index (χ2n) is 7.43. The summed E-state index contributed by atoms with van der Waals surface area (Å²) in [5.41, 5.74) is 5.17. The highest BCUT2D eigenvalue weighted by Crippen LogP contribution is 2.36. The van der Waals surface area contributed by atoms with Crippen molar-refractivity contribution in [1.82, 2.24) is 14.9 Å². The summed E-state index contributed by atoms with van der Waals surface area (Å²) in [5.74, 6) is 0.0986. The van der Waals surface area contributed by atoms with Gasteiger partial charge in [0.25, 0.3) is 0 Å². The van der Waals surface area contributed by atoms with Crippen molar-refractivity contribution in [3.63, 3.8) is 0 Å². The van der Waals surface area contributed by atoms with Crippen LogP contribution in [0.2, 0.25) is 0 Å². The monoisotopic (exact) mass is 387 g/mol. The zero-order valence-corrected chi connectivity index (χ0v) is 16.3. The van der Waals surface area contributed by atoms with Gasteiger partial charge in [0.2, 0.25) is 5.91 Å². The van der Waals surface area contributed by atoms with E-state index >= 15 is 0 Å². The lowest BCUT2D eigenvalue weighted by Gasteiger charge is -2.14. The van der Waals surface area contributed by atoms with E-state index in [4.69, 9.17) is 12.2 Å². The summed E-state index contributed by atoms with van der Waals surface area (Å²) in [7, 11) is 0. The highest BCUT2D eigenvalue weighted by Gasteiger charge is 2.31. The lowest BCUT2D eigenvalue weighted by atomic mass is 9.96. The third-order valence-corrected chi connectivity index (χ3v) is 6.05. The number of aromatic amines is 1. The SMILES string of the molecule is O=C1CC(c2cn3c4c(cccc24)CCC3)C(=S)N1.c1ccc2[nH]ccc2c1. The molecule has 1 amide bonds. The van der Waals surface area contributed by atoms with Gasteiger partial charge in [0.05, 0.1) is 10.5 Å². The molecule has 0 radical (unpaired) electrons. The van der Waals surface area contributed by atoms with E-state index in [1.165, 1.54) is 39.4 Å². The van der Waals surface area contributed by atoms with E-state index in [0.29, 0.717) is 11.4 Å². The Morgan fingerprint density at radius 3 is 2.79 bits per heavy atom. The lowest BCUT2D eigenvalue weighted by molar-refractivity contribution is -0.118. The number of para-hydroxylation sites is 2. The number of thiocarbonyl (C=S) groups is 1. The maximum atomic E-state index is 11.5. The second-order valence-corrected chi connectivity index (χ2v) is 7.87. The van der Waals surface area contributed by atoms with Crippen molar-refractivity contribution in [3.8, 4) is 0 Å². The number of nitrogens with one attached hydrogen (secondary N) is 2. The first-order valence-corrected chi connectivity index (χ1v) is 10.1. The molecular formula is C23H21N3OS. The van der Waals surface area contributed by atoms with Crippen LogP contribution in [0.3, 0.4) is 0 Å². The summed E-state index contributed by atoms with van der Waals surface area (Å²) in [6, 6.07) is 16.8. The number of aryl methyl sites for hydroxylation is 2. The minimum Gasteiger partial charge on any atom is -0.361 e. The molecule has 1 fully saturated rings. The number of benzene rings is 2. The van der Waals surface area contributed by atoms with Crippen molar-refractivity contribution >= 4 is 44.9 Å². The third-order valence-electron chi connectivity index (χ3n) is 5.66. The molecule has 0 bridgehead atoms. The summed E-state index contributed by atoms with van der Waals surface area (Å²) >= 11 is 5.32. The average molecular weight is 388 g/mol. The zero-order chi connectivity index (χ0) is 19.1. The molecule has 28 heavy (non-hydrogen) atoms. The van der Waals surface area contributed by atoms with E-state index < -0.39 is 0 Å². The highest BCUT2D eigenvalue weighted by atomic mass is 32.1. The highest BCUT2D eigenvalue weighted by molar-refractivity contribution is 7.80. The predicted octanol–water partition coefficient (Wildman–Crippen LogP) is 4.69. The summed E-state index contributed by atoms with van der Waals surface area (Å²) in [5, 5.41) is 5.31. The molecule has 4 nitrogen and oxygen atoms in total. The van der Waals surface area contributed by atoms with Crippen molar-refractivity contribution in [2.75, 3.05) is 0 Å². The number of hydrogen-bond acceptors (Lipinski definition) is 2. The van der Waals surface area contributed by atoms with Crippen molar-refractivity contribution < 1.29 is 4.79 Å². The number of carbonyl (C=O) groups excluding carboxylic acids is 1. The Hall–Kier alpha value is -2.92. The summed E-state index contributed by atoms with van der Waals surface area (Å²) in [6.07, 6.45) is 6.97. The maximum Gasteiger partial charge on any atom is 0.225 e. The van der Waals surface area contributed by atoms with Gasteiger partial charge in [-0.1, -0.05) is 48.6 Å². The van der Waals surface area contributed by atoms with Gasteiger partial charge in [-0.25, -0.2) is 0 Å². The quantitative estimate of drug-likeness (QED) is 0.466. The van der Waals surface area contributed by atoms with E-state index in [1.54, 1.807) is 0 Å². The van der Waals surface area contributed by atoms with E-state index in [0.717, 1.165) is 13.0 Å². The Morgan fingerprint density at radius 1 is 1.07 bits per heavy atom. The first-order chi connectivity index (χ1) is 13.7. The fourth-order valence-corrected chi connectivity index (χ4v) is 4.69. The number of aromatic nitrogens is 2. The van der Waals surface area contributed by atoms with Gasteiger partial charge in [-0.3, -0.25) is 4.79 Å². The molecule has 0 saturated carbocycles. The van der Waals surface area contributed by atoms with Crippen LogP contribution < -0.4 is 5.32 Å². The van der Waals surface area contributed by atoms with Crippen LogP contribution in [-0.2, 0) is 17.8 Å². The second kappa shape index (κ2) is 6.91. The standard InChI is InChI=1S/C15H14N2OS.C8H7N/c18-13-7-11(15(19)16-13)12-8-17-6-2-4-9-3-1-5-10(12)14(9)17;1-2-4-8-7(3-1)5-6-9-8/h1,3,5,8,11H,2,4,6-7H2,(H,16,18,19);1-6,9H. The molecule has 2 aliphatic rings. The lowest BCUT2D eigenvalue weighted by Crippen LogP contribution is -2.19. The molecule has 140 valence electrons. The van der Waals surface area contributed by atoms with E-state index in [1.807, 2.05) is 18.3 Å². The number of hydrogen-bond donors (Lipinski definition) is 2. The van der Waals surface area contributed by atoms with E-state index in [9.17, 15) is 4.79 Å². The van der Waals surface area contributed by atoms with Crippen LogP contribution in [0.5, 0.6) is 0 Å². The van der Waals surface area contributed by atoms with Crippen LogP contribution in [0.4, 0.5) is 0 Å². The van der Waals surface area contributed by atoms with Crippen LogP contribution in [0.1, 0.15) is 29.9 Å². The van der Waals surface area contributed by atoms with Gasteiger partial charge in [-0.05, 0) is 41.5 Å². The van der Waals surface area contributed by atoms with Gasteiger partial charge in [0.15, 0.2) is 0 Å². The van der Waals surface area contributed by atoms with Crippen LogP contribution in [0, 0.1) is 0 Å². The van der Waals surface area contributed by atoms with Crippen molar-refractivity contribution in [2.24, 2.45) is 0 Å². The van der Waals surface area contributed by atoms with Crippen LogP contribution in [-0.4, -0.2) is 20.4 Å². The minimum absolute atomic E-state index is 0.0435. The molecule has 5 heteroatoms. The number of H-pyrrole nitrogens is 1. The molecule has 6 rings (SSSR count). The first-order valence-electron chi connectivity index (χ1n) is 9.67. The van der Waals surface area contributed by atoms with Crippen LogP contribution in [0.25, 0.3) is 21.8 Å². The number of rotatable bonds is 1.